The Morgan fingerprint density at radius 2 is 1.88 bits per heavy atom. The Kier molecular flexibility index (Phi) is 5.73. The Balaban J connectivity index is 1.57. The van der Waals surface area contributed by atoms with E-state index in [4.69, 9.17) is 21.7 Å². The molecule has 0 aliphatic carbocycles. The van der Waals surface area contributed by atoms with Gasteiger partial charge in [-0.3, -0.25) is 10.1 Å². The summed E-state index contributed by atoms with van der Waals surface area (Å²) in [5.41, 5.74) is 2.60. The molecule has 0 bridgehead atoms. The fourth-order valence-electron chi connectivity index (χ4n) is 2.87. The Morgan fingerprint density at radius 3 is 2.62 bits per heavy atom. The van der Waals surface area contributed by atoms with Gasteiger partial charge >= 0.3 is 0 Å². The summed E-state index contributed by atoms with van der Waals surface area (Å²) in [5.74, 6) is 1.44. The van der Waals surface area contributed by atoms with Gasteiger partial charge in [0, 0.05) is 11.3 Å². The summed E-state index contributed by atoms with van der Waals surface area (Å²) in [5, 5.41) is 5.97. The molecule has 1 unspecified atom stereocenters. The van der Waals surface area contributed by atoms with E-state index >= 15 is 0 Å². The first-order chi connectivity index (χ1) is 12.6. The maximum Gasteiger partial charge on any atom is 0.257 e. The second kappa shape index (κ2) is 8.19. The van der Waals surface area contributed by atoms with Crippen molar-refractivity contribution in [1.82, 2.24) is 5.32 Å². The molecule has 26 heavy (non-hydrogen) atoms. The van der Waals surface area contributed by atoms with Crippen molar-refractivity contribution in [3.05, 3.63) is 53.6 Å². The number of carbonyl (C=O) groups excluding carboxylic acids is 1. The van der Waals surface area contributed by atoms with Crippen LogP contribution >= 0.6 is 12.2 Å². The number of ether oxygens (including phenoxy) is 2. The topological polar surface area (TPSA) is 59.6 Å². The number of carbonyl (C=O) groups is 1. The summed E-state index contributed by atoms with van der Waals surface area (Å²) in [7, 11) is 0. The molecule has 3 rings (SSSR count). The number of hydrogen-bond donors (Lipinski definition) is 2. The van der Waals surface area contributed by atoms with E-state index in [1.165, 1.54) is 5.56 Å². The first-order valence-corrected chi connectivity index (χ1v) is 9.09. The minimum atomic E-state index is -0.297. The van der Waals surface area contributed by atoms with E-state index in [2.05, 4.69) is 36.6 Å². The molecule has 1 aliphatic heterocycles. The highest BCUT2D eigenvalue weighted by Crippen LogP contribution is 2.32. The van der Waals surface area contributed by atoms with Gasteiger partial charge in [0.1, 0.15) is 0 Å². The molecule has 136 valence electrons. The third-order valence-electron chi connectivity index (χ3n) is 4.32. The molecule has 0 radical (unpaired) electrons. The monoisotopic (exact) mass is 370 g/mol. The van der Waals surface area contributed by atoms with Gasteiger partial charge in [0.25, 0.3) is 5.91 Å². The first kappa shape index (κ1) is 18.2. The summed E-state index contributed by atoms with van der Waals surface area (Å²) >= 11 is 5.24. The zero-order valence-corrected chi connectivity index (χ0v) is 15.7. The van der Waals surface area contributed by atoms with Crippen LogP contribution in [-0.2, 0) is 0 Å². The lowest BCUT2D eigenvalue weighted by molar-refractivity contribution is 0.0977. The lowest BCUT2D eigenvalue weighted by Gasteiger charge is -2.13. The summed E-state index contributed by atoms with van der Waals surface area (Å²) in [6.45, 7) is 4.59. The second-order valence-corrected chi connectivity index (χ2v) is 6.70. The van der Waals surface area contributed by atoms with Gasteiger partial charge in [0.2, 0.25) is 6.79 Å². The molecule has 1 amide bonds. The molecule has 0 fully saturated rings. The quantitative estimate of drug-likeness (QED) is 0.762. The van der Waals surface area contributed by atoms with Crippen LogP contribution in [0.1, 0.15) is 48.5 Å². The fraction of sp³-hybridized carbons (Fsp3) is 0.300. The van der Waals surface area contributed by atoms with E-state index in [1.54, 1.807) is 18.2 Å². The van der Waals surface area contributed by atoms with Crippen LogP contribution in [0.2, 0.25) is 0 Å². The van der Waals surface area contributed by atoms with Crippen molar-refractivity contribution in [2.45, 2.75) is 32.6 Å². The number of anilines is 1. The van der Waals surface area contributed by atoms with Crippen molar-refractivity contribution in [2.75, 3.05) is 12.1 Å². The van der Waals surface area contributed by atoms with E-state index < -0.39 is 0 Å². The number of amides is 1. The van der Waals surface area contributed by atoms with Crippen LogP contribution in [0.5, 0.6) is 11.5 Å². The SMILES string of the molecule is CCCC(C)c1ccc(NC(=S)NC(=O)c2ccc3c(c2)OCO3)cc1. The summed E-state index contributed by atoms with van der Waals surface area (Å²) in [6, 6.07) is 13.2. The molecule has 1 heterocycles. The van der Waals surface area contributed by atoms with Gasteiger partial charge in [-0.15, -0.1) is 0 Å². The van der Waals surface area contributed by atoms with E-state index in [9.17, 15) is 4.79 Å². The van der Waals surface area contributed by atoms with Crippen molar-refractivity contribution in [1.29, 1.82) is 0 Å². The molecular weight excluding hydrogens is 348 g/mol. The average molecular weight is 370 g/mol. The van der Waals surface area contributed by atoms with Crippen molar-refractivity contribution in [3.63, 3.8) is 0 Å². The third-order valence-corrected chi connectivity index (χ3v) is 4.53. The summed E-state index contributed by atoms with van der Waals surface area (Å²) in [6.07, 6.45) is 2.33. The smallest absolute Gasteiger partial charge is 0.257 e. The summed E-state index contributed by atoms with van der Waals surface area (Å²) < 4.78 is 10.5. The van der Waals surface area contributed by atoms with Crippen LogP contribution in [-0.4, -0.2) is 17.8 Å². The van der Waals surface area contributed by atoms with Gasteiger partial charge < -0.3 is 14.8 Å². The van der Waals surface area contributed by atoms with E-state index in [-0.39, 0.29) is 17.8 Å². The molecular formula is C20H22N2O3S. The minimum Gasteiger partial charge on any atom is -0.454 e. The first-order valence-electron chi connectivity index (χ1n) is 8.68. The molecule has 1 atom stereocenters. The average Bonchev–Trinajstić information content (AvgIpc) is 3.10. The number of nitrogens with one attached hydrogen (secondary N) is 2. The molecule has 2 aromatic carbocycles. The predicted molar refractivity (Wildman–Crippen MR) is 106 cm³/mol. The van der Waals surface area contributed by atoms with Crippen molar-refractivity contribution in [2.24, 2.45) is 0 Å². The third kappa shape index (κ3) is 4.32. The molecule has 2 N–H and O–H groups in total. The van der Waals surface area contributed by atoms with E-state index in [0.717, 1.165) is 18.5 Å². The second-order valence-electron chi connectivity index (χ2n) is 6.29. The Hall–Kier alpha value is -2.60. The number of fused-ring (bicyclic) bond motifs is 1. The molecule has 0 saturated carbocycles. The number of hydrogen-bond acceptors (Lipinski definition) is 4. The normalized spacial score (nSPS) is 13.2. The molecule has 0 spiro atoms. The highest BCUT2D eigenvalue weighted by molar-refractivity contribution is 7.80. The van der Waals surface area contributed by atoms with Crippen molar-refractivity contribution >= 4 is 28.9 Å². The van der Waals surface area contributed by atoms with Gasteiger partial charge in [-0.1, -0.05) is 32.4 Å². The highest BCUT2D eigenvalue weighted by Gasteiger charge is 2.16. The Labute approximate surface area is 158 Å². The van der Waals surface area contributed by atoms with Gasteiger partial charge in [-0.05, 0) is 60.5 Å². The van der Waals surface area contributed by atoms with Crippen LogP contribution in [0, 0.1) is 0 Å². The van der Waals surface area contributed by atoms with Gasteiger partial charge in [0.15, 0.2) is 16.6 Å². The lowest BCUT2D eigenvalue weighted by atomic mass is 9.96. The Bertz CT molecular complexity index is 805. The van der Waals surface area contributed by atoms with Crippen molar-refractivity contribution < 1.29 is 14.3 Å². The maximum absolute atomic E-state index is 12.3. The lowest BCUT2D eigenvalue weighted by Crippen LogP contribution is -2.34. The van der Waals surface area contributed by atoms with Crippen molar-refractivity contribution in [3.8, 4) is 11.5 Å². The maximum atomic E-state index is 12.3. The van der Waals surface area contributed by atoms with Gasteiger partial charge in [-0.25, -0.2) is 0 Å². The largest absolute Gasteiger partial charge is 0.454 e. The van der Waals surface area contributed by atoms with E-state index in [0.29, 0.717) is 23.0 Å². The highest BCUT2D eigenvalue weighted by atomic mass is 32.1. The molecule has 2 aromatic rings. The van der Waals surface area contributed by atoms with Crippen LogP contribution in [0.4, 0.5) is 5.69 Å². The fourth-order valence-corrected chi connectivity index (χ4v) is 3.08. The number of benzene rings is 2. The minimum absolute atomic E-state index is 0.174. The van der Waals surface area contributed by atoms with Crippen LogP contribution in [0.3, 0.4) is 0 Å². The van der Waals surface area contributed by atoms with Crippen LogP contribution < -0.4 is 20.1 Å². The van der Waals surface area contributed by atoms with Gasteiger partial charge in [-0.2, -0.15) is 0 Å². The molecule has 0 saturated heterocycles. The standard InChI is InChI=1S/C20H22N2O3S/c1-3-4-13(2)14-5-8-16(9-6-14)21-20(26)22-19(23)15-7-10-17-18(11-15)25-12-24-17/h5-11,13H,3-4,12H2,1-2H3,(H2,21,22,23,26). The van der Waals surface area contributed by atoms with E-state index in [1.807, 2.05) is 12.1 Å². The number of rotatable bonds is 5. The van der Waals surface area contributed by atoms with Crippen LogP contribution in [0.15, 0.2) is 42.5 Å². The number of thiocarbonyl (C=S) groups is 1. The predicted octanol–water partition coefficient (Wildman–Crippen LogP) is 4.45. The molecule has 6 heteroatoms. The zero-order valence-electron chi connectivity index (χ0n) is 14.9. The van der Waals surface area contributed by atoms with Crippen LogP contribution in [0.25, 0.3) is 0 Å². The Morgan fingerprint density at radius 1 is 1.15 bits per heavy atom. The molecule has 0 aromatic heterocycles. The zero-order chi connectivity index (χ0) is 18.5. The molecule has 1 aliphatic rings. The summed E-state index contributed by atoms with van der Waals surface area (Å²) in [4.78, 5) is 12.3. The van der Waals surface area contributed by atoms with Gasteiger partial charge in [0.05, 0.1) is 0 Å². The molecule has 5 nitrogen and oxygen atoms in total.